The van der Waals surface area contributed by atoms with E-state index in [4.69, 9.17) is 11.6 Å². The van der Waals surface area contributed by atoms with Crippen molar-refractivity contribution < 1.29 is 5.11 Å². The minimum atomic E-state index is -0.775. The van der Waals surface area contributed by atoms with Crippen molar-refractivity contribution in [3.63, 3.8) is 0 Å². The van der Waals surface area contributed by atoms with E-state index in [0.29, 0.717) is 15.7 Å². The van der Waals surface area contributed by atoms with Crippen LogP contribution in [0.15, 0.2) is 47.6 Å². The lowest BCUT2D eigenvalue weighted by Gasteiger charge is -2.12. The molecule has 4 nitrogen and oxygen atoms in total. The van der Waals surface area contributed by atoms with Crippen molar-refractivity contribution in [3.05, 3.63) is 58.6 Å². The number of rotatable bonds is 5. The number of fused-ring (bicyclic) bond motifs is 1. The summed E-state index contributed by atoms with van der Waals surface area (Å²) in [5, 5.41) is 16.3. The number of aromatic nitrogens is 1. The molecule has 0 bridgehead atoms. The fraction of sp³-hybridized carbons (Fsp3) is 0.222. The van der Waals surface area contributed by atoms with Crippen LogP contribution in [0.1, 0.15) is 37.5 Å². The van der Waals surface area contributed by atoms with Crippen molar-refractivity contribution in [2.45, 2.75) is 26.4 Å². The number of hydrogen-bond donors (Lipinski definition) is 2. The quantitative estimate of drug-likeness (QED) is 0.484. The smallest absolute Gasteiger partial charge is 0.204 e. The van der Waals surface area contributed by atoms with Crippen molar-refractivity contribution in [2.75, 3.05) is 5.43 Å². The molecular weight excluding hydrogens is 342 g/mol. The topological polar surface area (TPSA) is 57.5 Å². The summed E-state index contributed by atoms with van der Waals surface area (Å²) in [7, 11) is 0. The van der Waals surface area contributed by atoms with Gasteiger partial charge in [0.15, 0.2) is 0 Å². The van der Waals surface area contributed by atoms with E-state index in [1.807, 2.05) is 50.2 Å². The monoisotopic (exact) mass is 359 g/mol. The Morgan fingerprint density at radius 1 is 1.33 bits per heavy atom. The van der Waals surface area contributed by atoms with Gasteiger partial charge < -0.3 is 5.11 Å². The molecule has 0 fully saturated rings. The summed E-state index contributed by atoms with van der Waals surface area (Å²) >= 11 is 7.70. The Labute approximate surface area is 149 Å². The molecule has 0 saturated carbocycles. The van der Waals surface area contributed by atoms with E-state index in [9.17, 15) is 5.11 Å². The Balaban J connectivity index is 2.03. The van der Waals surface area contributed by atoms with E-state index in [1.54, 1.807) is 6.07 Å². The Kier molecular flexibility index (Phi) is 5.14. The van der Waals surface area contributed by atoms with Gasteiger partial charge in [0.2, 0.25) is 5.13 Å². The third-order valence-electron chi connectivity index (χ3n) is 3.75. The van der Waals surface area contributed by atoms with E-state index in [2.05, 4.69) is 15.5 Å². The Morgan fingerprint density at radius 3 is 2.79 bits per heavy atom. The standard InChI is InChI=1S/C18H18ClN3OS/c1-3-11(2)21-22-18-20-16-14(9-13(19)10-15(16)24-18)17(23)12-7-5-4-6-8-12/h4-10,17,23H,3H2,1-2H3,(H,20,22)/b21-11+/t17-/m0/s1. The fourth-order valence-corrected chi connectivity index (χ4v) is 3.49. The first-order chi connectivity index (χ1) is 11.6. The average Bonchev–Trinajstić information content (AvgIpc) is 3.01. The number of hydrogen-bond acceptors (Lipinski definition) is 5. The number of aliphatic hydroxyl groups is 1. The second kappa shape index (κ2) is 7.30. The van der Waals surface area contributed by atoms with Gasteiger partial charge in [0, 0.05) is 16.3 Å². The summed E-state index contributed by atoms with van der Waals surface area (Å²) in [4.78, 5) is 4.59. The molecule has 0 unspecified atom stereocenters. The fourth-order valence-electron chi connectivity index (χ4n) is 2.31. The number of thiazole rings is 1. The highest BCUT2D eigenvalue weighted by Gasteiger charge is 2.17. The maximum absolute atomic E-state index is 10.7. The van der Waals surface area contributed by atoms with Gasteiger partial charge in [-0.1, -0.05) is 60.2 Å². The lowest BCUT2D eigenvalue weighted by atomic mass is 10.0. The predicted octanol–water partition coefficient (Wildman–Crippen LogP) is 5.23. The van der Waals surface area contributed by atoms with Gasteiger partial charge >= 0.3 is 0 Å². The largest absolute Gasteiger partial charge is 0.384 e. The van der Waals surface area contributed by atoms with Crippen LogP contribution in [0.25, 0.3) is 10.2 Å². The van der Waals surface area contributed by atoms with E-state index < -0.39 is 6.10 Å². The number of nitrogens with one attached hydrogen (secondary N) is 1. The zero-order chi connectivity index (χ0) is 17.1. The molecule has 0 aliphatic heterocycles. The summed E-state index contributed by atoms with van der Waals surface area (Å²) in [5.74, 6) is 0. The van der Waals surface area contributed by atoms with Gasteiger partial charge in [-0.25, -0.2) is 4.98 Å². The second-order valence-corrected chi connectivity index (χ2v) is 6.95. The molecule has 3 aromatic rings. The average molecular weight is 360 g/mol. The molecule has 1 heterocycles. The van der Waals surface area contributed by atoms with Gasteiger partial charge in [-0.2, -0.15) is 5.10 Å². The summed E-state index contributed by atoms with van der Waals surface area (Å²) in [6.07, 6.45) is 0.102. The third kappa shape index (κ3) is 3.59. The lowest BCUT2D eigenvalue weighted by Crippen LogP contribution is -2.00. The summed E-state index contributed by atoms with van der Waals surface area (Å²) in [5.41, 5.74) is 6.23. The Morgan fingerprint density at radius 2 is 2.08 bits per heavy atom. The van der Waals surface area contributed by atoms with Crippen molar-refractivity contribution in [1.29, 1.82) is 0 Å². The first-order valence-corrected chi connectivity index (χ1v) is 8.90. The molecule has 0 spiro atoms. The Bertz CT molecular complexity index is 877. The molecule has 0 aliphatic carbocycles. The molecule has 0 radical (unpaired) electrons. The molecule has 0 aliphatic rings. The molecule has 1 atom stereocenters. The lowest BCUT2D eigenvalue weighted by molar-refractivity contribution is 0.221. The summed E-state index contributed by atoms with van der Waals surface area (Å²) in [6.45, 7) is 4.01. The first kappa shape index (κ1) is 16.9. The van der Waals surface area contributed by atoms with E-state index in [0.717, 1.165) is 27.9 Å². The minimum Gasteiger partial charge on any atom is -0.384 e. The van der Waals surface area contributed by atoms with Gasteiger partial charge in [-0.15, -0.1) is 0 Å². The third-order valence-corrected chi connectivity index (χ3v) is 4.88. The van der Waals surface area contributed by atoms with Gasteiger partial charge in [0.1, 0.15) is 6.10 Å². The van der Waals surface area contributed by atoms with Gasteiger partial charge in [-0.3, -0.25) is 5.43 Å². The van der Waals surface area contributed by atoms with Crippen LogP contribution >= 0.6 is 22.9 Å². The molecule has 24 heavy (non-hydrogen) atoms. The van der Waals surface area contributed by atoms with E-state index in [1.165, 1.54) is 11.3 Å². The van der Waals surface area contributed by atoms with E-state index >= 15 is 0 Å². The molecule has 2 N–H and O–H groups in total. The summed E-state index contributed by atoms with van der Waals surface area (Å²) < 4.78 is 0.916. The van der Waals surface area contributed by atoms with E-state index in [-0.39, 0.29) is 0 Å². The van der Waals surface area contributed by atoms with Crippen molar-refractivity contribution in [1.82, 2.24) is 4.98 Å². The number of halogens is 1. The zero-order valence-corrected chi connectivity index (χ0v) is 15.0. The number of anilines is 1. The predicted molar refractivity (Wildman–Crippen MR) is 102 cm³/mol. The number of aliphatic hydroxyl groups excluding tert-OH is 1. The maximum atomic E-state index is 10.7. The molecule has 1 aromatic heterocycles. The number of nitrogens with zero attached hydrogens (tertiary/aromatic N) is 2. The normalized spacial score (nSPS) is 13.2. The van der Waals surface area contributed by atoms with Crippen LogP contribution in [0.4, 0.5) is 5.13 Å². The highest BCUT2D eigenvalue weighted by molar-refractivity contribution is 7.22. The molecule has 124 valence electrons. The molecule has 3 rings (SSSR count). The minimum absolute atomic E-state index is 0.580. The first-order valence-electron chi connectivity index (χ1n) is 7.70. The van der Waals surface area contributed by atoms with Gasteiger partial charge in [0.25, 0.3) is 0 Å². The van der Waals surface area contributed by atoms with Crippen LogP contribution < -0.4 is 5.43 Å². The van der Waals surface area contributed by atoms with Crippen LogP contribution in [0.2, 0.25) is 5.02 Å². The SMILES string of the molecule is CC/C(C)=N/Nc1nc2c([C@@H](O)c3ccccc3)cc(Cl)cc2s1. The van der Waals surface area contributed by atoms with Crippen LogP contribution in [-0.4, -0.2) is 15.8 Å². The maximum Gasteiger partial charge on any atom is 0.204 e. The highest BCUT2D eigenvalue weighted by atomic mass is 35.5. The van der Waals surface area contributed by atoms with Crippen molar-refractivity contribution in [3.8, 4) is 0 Å². The van der Waals surface area contributed by atoms with Gasteiger partial charge in [0.05, 0.1) is 10.2 Å². The zero-order valence-electron chi connectivity index (χ0n) is 13.5. The van der Waals surface area contributed by atoms with Crippen LogP contribution in [0.3, 0.4) is 0 Å². The van der Waals surface area contributed by atoms with Crippen LogP contribution in [-0.2, 0) is 0 Å². The second-order valence-electron chi connectivity index (χ2n) is 5.49. The molecular formula is C18H18ClN3OS. The molecule has 6 heteroatoms. The summed E-state index contributed by atoms with van der Waals surface area (Å²) in [6, 6.07) is 13.1. The number of benzene rings is 2. The van der Waals surface area contributed by atoms with Crippen LogP contribution in [0.5, 0.6) is 0 Å². The van der Waals surface area contributed by atoms with Crippen LogP contribution in [0, 0.1) is 0 Å². The molecule has 0 amide bonds. The number of hydrazone groups is 1. The van der Waals surface area contributed by atoms with Gasteiger partial charge in [-0.05, 0) is 31.0 Å². The van der Waals surface area contributed by atoms with Crippen molar-refractivity contribution >= 4 is 44.0 Å². The molecule has 2 aromatic carbocycles. The highest BCUT2D eigenvalue weighted by Crippen LogP contribution is 2.36. The van der Waals surface area contributed by atoms with Crippen molar-refractivity contribution in [2.24, 2.45) is 5.10 Å². The molecule has 0 saturated heterocycles. The Hall–Kier alpha value is -1.95.